The highest BCUT2D eigenvalue weighted by atomic mass is 19.1. The molecule has 1 aromatic carbocycles. The van der Waals surface area contributed by atoms with E-state index >= 15 is 0 Å². The van der Waals surface area contributed by atoms with Gasteiger partial charge in [0.05, 0.1) is 0 Å². The minimum Gasteiger partial charge on any atom is -0.315 e. The van der Waals surface area contributed by atoms with E-state index < -0.39 is 5.82 Å². The molecule has 4 heteroatoms. The summed E-state index contributed by atoms with van der Waals surface area (Å²) >= 11 is 0. The summed E-state index contributed by atoms with van der Waals surface area (Å²) < 4.78 is 26.4. The van der Waals surface area contributed by atoms with Crippen molar-refractivity contribution in [1.29, 1.82) is 0 Å². The summed E-state index contributed by atoms with van der Waals surface area (Å²) in [6, 6.07) is 3.69. The van der Waals surface area contributed by atoms with Gasteiger partial charge in [-0.15, -0.1) is 0 Å². The maximum atomic E-state index is 13.4. The van der Waals surface area contributed by atoms with E-state index in [0.717, 1.165) is 12.6 Å². The highest BCUT2D eigenvalue weighted by molar-refractivity contribution is 5.19. The molecule has 0 spiro atoms. The largest absolute Gasteiger partial charge is 0.315 e. The zero-order valence-corrected chi connectivity index (χ0v) is 9.93. The van der Waals surface area contributed by atoms with Crippen molar-refractivity contribution in [2.24, 2.45) is 0 Å². The number of hydrogen-bond donors (Lipinski definition) is 1. The second kappa shape index (κ2) is 5.92. The first-order chi connectivity index (χ1) is 7.52. The fraction of sp³-hybridized carbons (Fsp3) is 0.500. The van der Waals surface area contributed by atoms with Crippen molar-refractivity contribution in [3.63, 3.8) is 0 Å². The lowest BCUT2D eigenvalue weighted by molar-refractivity contribution is 0.344. The zero-order chi connectivity index (χ0) is 12.1. The highest BCUT2D eigenvalue weighted by Crippen LogP contribution is 2.12. The molecular weight excluding hydrogens is 210 g/mol. The van der Waals surface area contributed by atoms with Crippen LogP contribution in [0.5, 0.6) is 0 Å². The standard InChI is InChI=1S/C12H18F2N2/c1-15-11(8-16(2)3)7-9-6-10(13)4-5-12(9)14/h4-6,11,15H,7-8H2,1-3H3. The summed E-state index contributed by atoms with van der Waals surface area (Å²) in [5.74, 6) is -0.739. The van der Waals surface area contributed by atoms with E-state index in [0.29, 0.717) is 12.0 Å². The fourth-order valence-electron chi connectivity index (χ4n) is 1.66. The van der Waals surface area contributed by atoms with Gasteiger partial charge in [-0.3, -0.25) is 0 Å². The molecule has 1 rings (SSSR count). The summed E-state index contributed by atoms with van der Waals surface area (Å²) in [6.45, 7) is 0.784. The van der Waals surface area contributed by atoms with Crippen molar-refractivity contribution in [2.45, 2.75) is 12.5 Å². The summed E-state index contributed by atoms with van der Waals surface area (Å²) in [4.78, 5) is 2.01. The molecule has 0 heterocycles. The van der Waals surface area contributed by atoms with Gasteiger partial charge in [0.25, 0.3) is 0 Å². The fourth-order valence-corrected chi connectivity index (χ4v) is 1.66. The van der Waals surface area contributed by atoms with Crippen LogP contribution in [0.1, 0.15) is 5.56 Å². The molecular formula is C12H18F2N2. The summed E-state index contributed by atoms with van der Waals surface area (Å²) in [5, 5.41) is 3.10. The van der Waals surface area contributed by atoms with Crippen LogP contribution < -0.4 is 5.32 Å². The molecule has 0 bridgehead atoms. The van der Waals surface area contributed by atoms with E-state index in [1.807, 2.05) is 26.0 Å². The van der Waals surface area contributed by atoms with Crippen LogP contribution in [0.25, 0.3) is 0 Å². The Hall–Kier alpha value is -1.00. The van der Waals surface area contributed by atoms with Crippen LogP contribution >= 0.6 is 0 Å². The van der Waals surface area contributed by atoms with Crippen molar-refractivity contribution in [3.8, 4) is 0 Å². The molecule has 0 aliphatic carbocycles. The second-order valence-electron chi connectivity index (χ2n) is 4.19. The first-order valence-corrected chi connectivity index (χ1v) is 5.29. The highest BCUT2D eigenvalue weighted by Gasteiger charge is 2.12. The molecule has 0 fully saturated rings. The number of benzene rings is 1. The topological polar surface area (TPSA) is 15.3 Å². The van der Waals surface area contributed by atoms with Crippen LogP contribution in [-0.2, 0) is 6.42 Å². The van der Waals surface area contributed by atoms with Crippen LogP contribution in [-0.4, -0.2) is 38.6 Å². The van der Waals surface area contributed by atoms with E-state index in [1.54, 1.807) is 0 Å². The predicted octanol–water partition coefficient (Wildman–Crippen LogP) is 1.66. The smallest absolute Gasteiger partial charge is 0.126 e. The Morgan fingerprint density at radius 3 is 2.56 bits per heavy atom. The van der Waals surface area contributed by atoms with Gasteiger partial charge in [0.15, 0.2) is 0 Å². The van der Waals surface area contributed by atoms with Crippen LogP contribution in [0.4, 0.5) is 8.78 Å². The Morgan fingerprint density at radius 1 is 1.31 bits per heavy atom. The Labute approximate surface area is 95.3 Å². The third kappa shape index (κ3) is 3.87. The van der Waals surface area contributed by atoms with Gasteiger partial charge in [-0.1, -0.05) is 0 Å². The van der Waals surface area contributed by atoms with Crippen LogP contribution in [0.2, 0.25) is 0 Å². The lowest BCUT2D eigenvalue weighted by Crippen LogP contribution is -2.37. The molecule has 0 saturated carbocycles. The normalized spacial score (nSPS) is 13.1. The average molecular weight is 228 g/mol. The monoisotopic (exact) mass is 228 g/mol. The molecule has 1 aromatic rings. The van der Waals surface area contributed by atoms with Gasteiger partial charge in [-0.2, -0.15) is 0 Å². The van der Waals surface area contributed by atoms with Gasteiger partial charge < -0.3 is 10.2 Å². The van der Waals surface area contributed by atoms with Gasteiger partial charge in [-0.05, 0) is 51.3 Å². The number of halogens is 2. The summed E-state index contributed by atoms with van der Waals surface area (Å²) in [7, 11) is 5.73. The quantitative estimate of drug-likeness (QED) is 0.824. The molecule has 0 aliphatic heterocycles. The van der Waals surface area contributed by atoms with E-state index in [4.69, 9.17) is 0 Å². The predicted molar refractivity (Wildman–Crippen MR) is 61.5 cm³/mol. The van der Waals surface area contributed by atoms with Crippen molar-refractivity contribution in [2.75, 3.05) is 27.7 Å². The van der Waals surface area contributed by atoms with E-state index in [2.05, 4.69) is 5.32 Å². The Bertz CT molecular complexity index is 340. The van der Waals surface area contributed by atoms with E-state index in [1.165, 1.54) is 12.1 Å². The number of rotatable bonds is 5. The zero-order valence-electron chi connectivity index (χ0n) is 9.93. The molecule has 16 heavy (non-hydrogen) atoms. The third-order valence-corrected chi connectivity index (χ3v) is 2.47. The van der Waals surface area contributed by atoms with E-state index in [9.17, 15) is 8.78 Å². The minimum atomic E-state index is -0.392. The number of hydrogen-bond acceptors (Lipinski definition) is 2. The molecule has 1 unspecified atom stereocenters. The maximum absolute atomic E-state index is 13.4. The molecule has 1 N–H and O–H groups in total. The molecule has 1 atom stereocenters. The number of nitrogens with zero attached hydrogens (tertiary/aromatic N) is 1. The minimum absolute atomic E-state index is 0.117. The number of nitrogens with one attached hydrogen (secondary N) is 1. The van der Waals surface area contributed by atoms with Gasteiger partial charge in [-0.25, -0.2) is 8.78 Å². The van der Waals surface area contributed by atoms with Crippen molar-refractivity contribution < 1.29 is 8.78 Å². The molecule has 2 nitrogen and oxygen atoms in total. The van der Waals surface area contributed by atoms with Crippen LogP contribution in [0.15, 0.2) is 18.2 Å². The maximum Gasteiger partial charge on any atom is 0.126 e. The summed E-state index contributed by atoms with van der Waals surface area (Å²) in [6.07, 6.45) is 0.484. The van der Waals surface area contributed by atoms with Gasteiger partial charge in [0, 0.05) is 12.6 Å². The van der Waals surface area contributed by atoms with Gasteiger partial charge in [0.2, 0.25) is 0 Å². The van der Waals surface area contributed by atoms with Gasteiger partial charge in [0.1, 0.15) is 11.6 Å². The SMILES string of the molecule is CNC(Cc1cc(F)ccc1F)CN(C)C. The van der Waals surface area contributed by atoms with E-state index in [-0.39, 0.29) is 11.9 Å². The molecule has 0 aromatic heterocycles. The van der Waals surface area contributed by atoms with Crippen molar-refractivity contribution in [3.05, 3.63) is 35.4 Å². The molecule has 90 valence electrons. The van der Waals surface area contributed by atoms with Gasteiger partial charge >= 0.3 is 0 Å². The van der Waals surface area contributed by atoms with Crippen molar-refractivity contribution in [1.82, 2.24) is 10.2 Å². The Morgan fingerprint density at radius 2 is 2.00 bits per heavy atom. The molecule has 0 saturated heterocycles. The van der Waals surface area contributed by atoms with Crippen LogP contribution in [0, 0.1) is 11.6 Å². The first-order valence-electron chi connectivity index (χ1n) is 5.29. The lowest BCUT2D eigenvalue weighted by Gasteiger charge is -2.20. The lowest BCUT2D eigenvalue weighted by atomic mass is 10.0. The summed E-state index contributed by atoms with van der Waals surface area (Å²) in [5.41, 5.74) is 0.418. The second-order valence-corrected chi connectivity index (χ2v) is 4.19. The first kappa shape index (κ1) is 13.1. The molecule has 0 radical (unpaired) electrons. The number of likely N-dealkylation sites (N-methyl/N-ethyl adjacent to an activating group) is 2. The average Bonchev–Trinajstić information content (AvgIpc) is 2.21. The third-order valence-electron chi connectivity index (χ3n) is 2.47. The van der Waals surface area contributed by atoms with Crippen molar-refractivity contribution >= 4 is 0 Å². The van der Waals surface area contributed by atoms with Crippen LogP contribution in [0.3, 0.4) is 0 Å². The Balaban J connectivity index is 2.73. The molecule has 0 amide bonds. The Kier molecular flexibility index (Phi) is 4.83. The molecule has 0 aliphatic rings.